The summed E-state index contributed by atoms with van der Waals surface area (Å²) >= 11 is 0. The van der Waals surface area contributed by atoms with Gasteiger partial charge in [0, 0.05) is 26.2 Å². The Morgan fingerprint density at radius 1 is 1.07 bits per heavy atom. The van der Waals surface area contributed by atoms with Gasteiger partial charge in [0.2, 0.25) is 21.8 Å². The molecule has 1 fully saturated rings. The van der Waals surface area contributed by atoms with Crippen LogP contribution in [0.15, 0.2) is 90.0 Å². The Morgan fingerprint density at radius 2 is 1.70 bits per heavy atom. The van der Waals surface area contributed by atoms with Crippen LogP contribution >= 0.6 is 0 Å². The van der Waals surface area contributed by atoms with Gasteiger partial charge in [-0.1, -0.05) is 63.8 Å². The second-order valence-electron chi connectivity index (χ2n) is 11.2. The number of halogens is 3. The molecule has 2 amide bonds. The summed E-state index contributed by atoms with van der Waals surface area (Å²) in [6.45, 7) is 9.49. The van der Waals surface area contributed by atoms with Gasteiger partial charge in [0.05, 0.1) is 11.3 Å². The largest absolute Gasteiger partial charge is 0.573 e. The minimum Gasteiger partial charge on any atom is -0.406 e. The van der Waals surface area contributed by atoms with E-state index in [1.807, 2.05) is 24.3 Å². The lowest BCUT2D eigenvalue weighted by molar-refractivity contribution is -0.274. The van der Waals surface area contributed by atoms with Crippen LogP contribution in [0.2, 0.25) is 0 Å². The molecule has 0 aromatic heterocycles. The molecular weight excluding hydrogens is 597 g/mol. The van der Waals surface area contributed by atoms with Crippen LogP contribution in [0.5, 0.6) is 5.75 Å². The first-order valence-electron chi connectivity index (χ1n) is 13.8. The van der Waals surface area contributed by atoms with Crippen LogP contribution < -0.4 is 15.8 Å². The molecule has 13 heteroatoms. The molecule has 1 atom stereocenters. The summed E-state index contributed by atoms with van der Waals surface area (Å²) in [5.41, 5.74) is 7.88. The van der Waals surface area contributed by atoms with Gasteiger partial charge in [0.25, 0.3) is 0 Å². The predicted octanol–water partition coefficient (Wildman–Crippen LogP) is 4.38. The van der Waals surface area contributed by atoms with E-state index in [4.69, 9.17) is 5.73 Å². The Kier molecular flexibility index (Phi) is 11.0. The van der Waals surface area contributed by atoms with Crippen LogP contribution in [-0.2, 0) is 31.6 Å². The number of hydrogen-bond acceptors (Lipinski definition) is 6. The number of allylic oxidation sites excluding steroid dienone is 3. The van der Waals surface area contributed by atoms with Crippen molar-refractivity contribution < 1.29 is 35.9 Å². The zero-order valence-corrected chi connectivity index (χ0v) is 25.6. The summed E-state index contributed by atoms with van der Waals surface area (Å²) in [6, 6.07) is 10.1. The number of rotatable bonds is 10. The highest BCUT2D eigenvalue weighted by Gasteiger charge is 2.41. The van der Waals surface area contributed by atoms with E-state index in [-0.39, 0.29) is 48.8 Å². The van der Waals surface area contributed by atoms with Crippen molar-refractivity contribution in [2.24, 2.45) is 5.73 Å². The first-order chi connectivity index (χ1) is 20.5. The molecule has 2 aromatic rings. The van der Waals surface area contributed by atoms with Gasteiger partial charge >= 0.3 is 6.36 Å². The highest BCUT2D eigenvalue weighted by molar-refractivity contribution is 7.89. The molecule has 1 aliphatic rings. The number of piperazine rings is 1. The van der Waals surface area contributed by atoms with Gasteiger partial charge in [-0.3, -0.25) is 9.59 Å². The second kappa shape index (κ2) is 14.1. The molecule has 238 valence electrons. The number of amides is 2. The van der Waals surface area contributed by atoms with Crippen molar-refractivity contribution in [3.63, 3.8) is 0 Å². The van der Waals surface area contributed by atoms with Crippen LogP contribution in [0, 0.1) is 0 Å². The van der Waals surface area contributed by atoms with E-state index in [0.717, 1.165) is 39.7 Å². The molecule has 0 aliphatic carbocycles. The van der Waals surface area contributed by atoms with Crippen molar-refractivity contribution in [3.05, 3.63) is 96.2 Å². The van der Waals surface area contributed by atoms with E-state index in [9.17, 15) is 31.2 Å². The highest BCUT2D eigenvalue weighted by atomic mass is 32.2. The molecule has 1 aliphatic heterocycles. The fourth-order valence-corrected chi connectivity index (χ4v) is 6.18. The lowest BCUT2D eigenvalue weighted by Gasteiger charge is -2.39. The maximum absolute atomic E-state index is 13.7. The predicted molar refractivity (Wildman–Crippen MR) is 161 cm³/mol. The first kappa shape index (κ1) is 34.4. The summed E-state index contributed by atoms with van der Waals surface area (Å²) in [5.74, 6) is -1.57. The van der Waals surface area contributed by atoms with E-state index >= 15 is 0 Å². The topological polar surface area (TPSA) is 122 Å². The molecule has 0 radical (unpaired) electrons. The number of nitrogens with two attached hydrogens (primary N) is 1. The Bertz CT molecular complexity index is 1500. The van der Waals surface area contributed by atoms with E-state index < -0.39 is 34.1 Å². The van der Waals surface area contributed by atoms with Crippen LogP contribution in [-0.4, -0.2) is 61.5 Å². The van der Waals surface area contributed by atoms with Gasteiger partial charge < -0.3 is 20.7 Å². The number of hydrogen-bond donors (Lipinski definition) is 2. The molecule has 44 heavy (non-hydrogen) atoms. The van der Waals surface area contributed by atoms with Crippen LogP contribution in [0.1, 0.15) is 38.3 Å². The monoisotopic (exact) mass is 634 g/mol. The van der Waals surface area contributed by atoms with Gasteiger partial charge in [0.1, 0.15) is 11.8 Å². The average molecular weight is 635 g/mol. The number of nitrogens with zero attached hydrogens (tertiary/aromatic N) is 2. The van der Waals surface area contributed by atoms with Crippen LogP contribution in [0.25, 0.3) is 0 Å². The third kappa shape index (κ3) is 9.20. The Morgan fingerprint density at radius 3 is 2.25 bits per heavy atom. The first-order valence-corrected chi connectivity index (χ1v) is 15.2. The van der Waals surface area contributed by atoms with E-state index in [0.29, 0.717) is 5.57 Å². The Hall–Kier alpha value is -4.10. The molecule has 1 saturated heterocycles. The summed E-state index contributed by atoms with van der Waals surface area (Å²) < 4.78 is 69.9. The molecular formula is C31H37F3N4O5S. The maximum Gasteiger partial charge on any atom is 0.573 e. The molecule has 2 aromatic carbocycles. The van der Waals surface area contributed by atoms with Gasteiger partial charge in [-0.2, -0.15) is 4.31 Å². The molecule has 0 saturated carbocycles. The highest BCUT2D eigenvalue weighted by Crippen LogP contribution is 2.28. The molecule has 3 rings (SSSR count). The molecule has 0 bridgehead atoms. The maximum atomic E-state index is 13.7. The Labute approximate surface area is 255 Å². The number of alkyl halides is 3. The average Bonchev–Trinajstić information content (AvgIpc) is 2.95. The van der Waals surface area contributed by atoms with E-state index in [1.54, 1.807) is 12.2 Å². The van der Waals surface area contributed by atoms with Crippen molar-refractivity contribution in [1.82, 2.24) is 14.5 Å². The van der Waals surface area contributed by atoms with Gasteiger partial charge in [-0.05, 0) is 58.7 Å². The van der Waals surface area contributed by atoms with Crippen LogP contribution in [0.3, 0.4) is 0 Å². The Balaban J connectivity index is 1.86. The smallest absolute Gasteiger partial charge is 0.406 e. The zero-order chi connectivity index (χ0) is 32.7. The van der Waals surface area contributed by atoms with E-state index in [1.165, 1.54) is 17.2 Å². The van der Waals surface area contributed by atoms with Crippen molar-refractivity contribution in [2.45, 2.75) is 56.5 Å². The molecule has 9 nitrogen and oxygen atoms in total. The van der Waals surface area contributed by atoms with Gasteiger partial charge in [-0.15, -0.1) is 13.2 Å². The molecule has 3 N–H and O–H groups in total. The lowest BCUT2D eigenvalue weighted by Crippen LogP contribution is -2.61. The number of benzene rings is 2. The summed E-state index contributed by atoms with van der Waals surface area (Å²) in [6.07, 6.45) is 0.942. The van der Waals surface area contributed by atoms with Crippen molar-refractivity contribution in [3.8, 4) is 5.75 Å². The van der Waals surface area contributed by atoms with Crippen LogP contribution in [0.4, 0.5) is 13.2 Å². The SMILES string of the molecule is C=C/C=C(\C=C/N)CC(=O)N1CCN(S(=O)(=O)c2ccc(OC(F)(F)F)cc2)[C@@H](C(=O)NCc2ccc(C(C)(C)C)cc2)C1. The third-order valence-electron chi connectivity index (χ3n) is 6.93. The minimum atomic E-state index is -4.94. The van der Waals surface area contributed by atoms with Gasteiger partial charge in [0.15, 0.2) is 0 Å². The second-order valence-corrected chi connectivity index (χ2v) is 13.1. The summed E-state index contributed by atoms with van der Waals surface area (Å²) in [5, 5.41) is 2.78. The zero-order valence-electron chi connectivity index (χ0n) is 24.8. The van der Waals surface area contributed by atoms with Gasteiger partial charge in [-0.25, -0.2) is 8.42 Å². The fraction of sp³-hybridized carbons (Fsp3) is 0.355. The molecule has 0 unspecified atom stereocenters. The van der Waals surface area contributed by atoms with E-state index in [2.05, 4.69) is 37.4 Å². The van der Waals surface area contributed by atoms with Crippen molar-refractivity contribution >= 4 is 21.8 Å². The number of nitrogens with one attached hydrogen (secondary N) is 1. The quantitative estimate of drug-likeness (QED) is 0.375. The van der Waals surface area contributed by atoms with Crippen molar-refractivity contribution in [1.29, 1.82) is 0 Å². The summed E-state index contributed by atoms with van der Waals surface area (Å²) in [4.78, 5) is 27.8. The normalized spacial score (nSPS) is 17.0. The molecule has 0 spiro atoms. The number of carbonyl (C=O) groups excluding carboxylic acids is 2. The number of ether oxygens (including phenoxy) is 1. The fourth-order valence-electron chi connectivity index (χ4n) is 4.61. The standard InChI is InChI=1S/C31H37F3N4O5S/c1-5-6-22(15-16-35)19-28(39)37-17-18-38(44(41,42)26-13-11-25(12-14-26)43-31(32,33)34)27(21-37)29(40)36-20-23-7-9-24(10-8-23)30(2,3)4/h5-16,27H,1,17-21,35H2,2-4H3,(H,36,40)/b16-15-,22-6+/t27-/m1/s1. The lowest BCUT2D eigenvalue weighted by atomic mass is 9.87. The minimum absolute atomic E-state index is 0.0148. The molecule has 1 heterocycles. The number of sulfonamides is 1. The van der Waals surface area contributed by atoms with Crippen molar-refractivity contribution in [2.75, 3.05) is 19.6 Å². The number of carbonyl (C=O) groups is 2. The third-order valence-corrected chi connectivity index (χ3v) is 8.86. The summed E-state index contributed by atoms with van der Waals surface area (Å²) in [7, 11) is -4.37.